The summed E-state index contributed by atoms with van der Waals surface area (Å²) in [6, 6.07) is 9.62. The van der Waals surface area contributed by atoms with E-state index in [0.717, 1.165) is 42.8 Å². The molecule has 27 heavy (non-hydrogen) atoms. The summed E-state index contributed by atoms with van der Waals surface area (Å²) in [6.45, 7) is 0.725. The Labute approximate surface area is 157 Å². The Morgan fingerprint density at radius 1 is 1.30 bits per heavy atom. The second-order valence-corrected chi connectivity index (χ2v) is 6.82. The molecule has 2 aromatic heterocycles. The molecule has 140 valence electrons. The first-order chi connectivity index (χ1) is 13.2. The highest BCUT2D eigenvalue weighted by molar-refractivity contribution is 6.00. The predicted octanol–water partition coefficient (Wildman–Crippen LogP) is 3.19. The molecule has 0 aliphatic carbocycles. The number of carbonyl (C=O) groups is 1. The number of carbonyl (C=O) groups excluding carboxylic acids is 1. The molecule has 1 unspecified atom stereocenters. The summed E-state index contributed by atoms with van der Waals surface area (Å²) in [7, 11) is 3.53. The lowest BCUT2D eigenvalue weighted by molar-refractivity contribution is 0.0606. The van der Waals surface area contributed by atoms with Crippen LogP contribution in [0.15, 0.2) is 42.7 Å². The third-order valence-corrected chi connectivity index (χ3v) is 5.07. The van der Waals surface area contributed by atoms with E-state index in [2.05, 4.69) is 15.3 Å². The van der Waals surface area contributed by atoms with Crippen molar-refractivity contribution in [2.24, 2.45) is 7.05 Å². The molecule has 4 rings (SSSR count). The number of aromatic amines is 1. The number of piperidine rings is 1. The van der Waals surface area contributed by atoms with Crippen molar-refractivity contribution >= 4 is 5.91 Å². The average Bonchev–Trinajstić information content (AvgIpc) is 3.36. The van der Waals surface area contributed by atoms with Crippen LogP contribution in [-0.4, -0.2) is 44.4 Å². The zero-order chi connectivity index (χ0) is 18.8. The number of hydrogen-bond acceptors (Lipinski definition) is 4. The summed E-state index contributed by atoms with van der Waals surface area (Å²) in [6.07, 6.45) is 6.56. The van der Waals surface area contributed by atoms with E-state index in [1.807, 2.05) is 48.5 Å². The minimum atomic E-state index is -0.0167. The molecule has 3 heterocycles. The normalized spacial score (nSPS) is 17.1. The average molecular weight is 365 g/mol. The van der Waals surface area contributed by atoms with E-state index in [4.69, 9.17) is 4.74 Å². The maximum atomic E-state index is 13.4. The number of nitrogens with one attached hydrogen (secondary N) is 1. The Morgan fingerprint density at radius 2 is 2.19 bits per heavy atom. The Morgan fingerprint density at radius 3 is 2.96 bits per heavy atom. The lowest BCUT2D eigenvalue weighted by atomic mass is 9.97. The molecular formula is C20H23N5O2. The smallest absolute Gasteiger partial charge is 0.258 e. The molecule has 0 saturated carbocycles. The van der Waals surface area contributed by atoms with Crippen LogP contribution < -0.4 is 4.74 Å². The van der Waals surface area contributed by atoms with E-state index >= 15 is 0 Å². The topological polar surface area (TPSA) is 76.0 Å². The number of hydrogen-bond donors (Lipinski definition) is 1. The molecule has 1 amide bonds. The summed E-state index contributed by atoms with van der Waals surface area (Å²) in [4.78, 5) is 15.3. The molecule has 7 heteroatoms. The van der Waals surface area contributed by atoms with Crippen LogP contribution in [0.25, 0.3) is 11.3 Å². The highest BCUT2D eigenvalue weighted by atomic mass is 16.5. The molecule has 1 aromatic carbocycles. The van der Waals surface area contributed by atoms with Gasteiger partial charge in [-0.25, -0.2) is 0 Å². The quantitative estimate of drug-likeness (QED) is 0.770. The maximum Gasteiger partial charge on any atom is 0.258 e. The molecule has 7 nitrogen and oxygen atoms in total. The van der Waals surface area contributed by atoms with Gasteiger partial charge in [0.25, 0.3) is 5.91 Å². The largest absolute Gasteiger partial charge is 0.497 e. The van der Waals surface area contributed by atoms with E-state index in [-0.39, 0.29) is 11.9 Å². The van der Waals surface area contributed by atoms with Crippen molar-refractivity contribution in [2.45, 2.75) is 25.3 Å². The fourth-order valence-electron chi connectivity index (χ4n) is 3.69. The number of methoxy groups -OCH3 is 1. The van der Waals surface area contributed by atoms with Crippen LogP contribution in [0.1, 0.15) is 41.4 Å². The van der Waals surface area contributed by atoms with Crippen LogP contribution in [0.3, 0.4) is 0 Å². The fourth-order valence-corrected chi connectivity index (χ4v) is 3.69. The number of aryl methyl sites for hydroxylation is 1. The van der Waals surface area contributed by atoms with Crippen molar-refractivity contribution in [3.63, 3.8) is 0 Å². The monoisotopic (exact) mass is 365 g/mol. The van der Waals surface area contributed by atoms with E-state index < -0.39 is 0 Å². The van der Waals surface area contributed by atoms with Gasteiger partial charge in [0, 0.05) is 25.4 Å². The maximum absolute atomic E-state index is 13.4. The van der Waals surface area contributed by atoms with Crippen LogP contribution >= 0.6 is 0 Å². The van der Waals surface area contributed by atoms with Crippen LogP contribution in [0.5, 0.6) is 5.75 Å². The van der Waals surface area contributed by atoms with Gasteiger partial charge in [0.05, 0.1) is 36.3 Å². The summed E-state index contributed by atoms with van der Waals surface area (Å²) in [5, 5.41) is 11.7. The van der Waals surface area contributed by atoms with E-state index in [1.54, 1.807) is 18.0 Å². The van der Waals surface area contributed by atoms with Crippen molar-refractivity contribution in [1.82, 2.24) is 24.9 Å². The van der Waals surface area contributed by atoms with Gasteiger partial charge in [0.1, 0.15) is 5.75 Å². The van der Waals surface area contributed by atoms with E-state index in [9.17, 15) is 4.79 Å². The van der Waals surface area contributed by atoms with Crippen LogP contribution in [0.2, 0.25) is 0 Å². The number of aromatic nitrogens is 4. The number of ether oxygens (including phenoxy) is 1. The molecule has 1 fully saturated rings. The van der Waals surface area contributed by atoms with Crippen molar-refractivity contribution in [1.29, 1.82) is 0 Å². The second kappa shape index (κ2) is 7.26. The highest BCUT2D eigenvalue weighted by Gasteiger charge is 2.32. The molecule has 0 spiro atoms. The number of H-pyrrole nitrogens is 1. The van der Waals surface area contributed by atoms with E-state index in [1.165, 1.54) is 0 Å². The summed E-state index contributed by atoms with van der Waals surface area (Å²) in [5.74, 6) is 0.724. The Balaban J connectivity index is 1.67. The van der Waals surface area contributed by atoms with Gasteiger partial charge >= 0.3 is 0 Å². The third kappa shape index (κ3) is 3.32. The van der Waals surface area contributed by atoms with Crippen molar-refractivity contribution < 1.29 is 9.53 Å². The molecule has 1 aliphatic heterocycles. The first kappa shape index (κ1) is 17.3. The molecule has 3 aromatic rings. The molecular weight excluding hydrogens is 342 g/mol. The number of nitrogens with zero attached hydrogens (tertiary/aromatic N) is 4. The van der Waals surface area contributed by atoms with Crippen LogP contribution in [0.4, 0.5) is 0 Å². The summed E-state index contributed by atoms with van der Waals surface area (Å²) in [5.41, 5.74) is 3.11. The number of likely N-dealkylation sites (tertiary alicyclic amines) is 1. The fraction of sp³-hybridized carbons (Fsp3) is 0.350. The van der Waals surface area contributed by atoms with Crippen LogP contribution in [0, 0.1) is 0 Å². The standard InChI is InChI=1S/C20H23N5O2/c1-24-11-9-17(23-24)18-8-3-4-10-25(18)20(26)16-13-21-22-19(16)14-6-5-7-15(12-14)27-2/h5-7,9,11-13,18H,3-4,8,10H2,1-2H3,(H,21,22). The molecule has 0 radical (unpaired) electrons. The zero-order valence-corrected chi connectivity index (χ0v) is 15.6. The van der Waals surface area contributed by atoms with Gasteiger partial charge in [-0.1, -0.05) is 12.1 Å². The minimum absolute atomic E-state index is 0.000472. The third-order valence-electron chi connectivity index (χ3n) is 5.07. The first-order valence-electron chi connectivity index (χ1n) is 9.15. The SMILES string of the molecule is COc1cccc(-c2[nH]ncc2C(=O)N2CCCCC2c2ccn(C)n2)c1. The summed E-state index contributed by atoms with van der Waals surface area (Å²) >= 11 is 0. The molecule has 1 N–H and O–H groups in total. The first-order valence-corrected chi connectivity index (χ1v) is 9.15. The van der Waals surface area contributed by atoms with Crippen molar-refractivity contribution in [3.05, 3.63) is 54.0 Å². The Bertz CT molecular complexity index is 945. The van der Waals surface area contributed by atoms with E-state index in [0.29, 0.717) is 11.3 Å². The second-order valence-electron chi connectivity index (χ2n) is 6.82. The van der Waals surface area contributed by atoms with Gasteiger partial charge in [-0.2, -0.15) is 10.2 Å². The van der Waals surface area contributed by atoms with Gasteiger partial charge in [-0.05, 0) is 37.5 Å². The van der Waals surface area contributed by atoms with Crippen molar-refractivity contribution in [3.8, 4) is 17.0 Å². The minimum Gasteiger partial charge on any atom is -0.497 e. The van der Waals surface area contributed by atoms with Crippen LogP contribution in [-0.2, 0) is 7.05 Å². The molecule has 1 saturated heterocycles. The van der Waals surface area contributed by atoms with Gasteiger partial charge in [0.2, 0.25) is 0 Å². The number of benzene rings is 1. The van der Waals surface area contributed by atoms with Crippen molar-refractivity contribution in [2.75, 3.05) is 13.7 Å². The lowest BCUT2D eigenvalue weighted by Gasteiger charge is -2.34. The molecule has 0 bridgehead atoms. The van der Waals surface area contributed by atoms with Gasteiger partial charge in [-0.3, -0.25) is 14.6 Å². The summed E-state index contributed by atoms with van der Waals surface area (Å²) < 4.78 is 7.09. The Hall–Kier alpha value is -3.09. The lowest BCUT2D eigenvalue weighted by Crippen LogP contribution is -2.38. The highest BCUT2D eigenvalue weighted by Crippen LogP contribution is 2.33. The zero-order valence-electron chi connectivity index (χ0n) is 15.6. The van der Waals surface area contributed by atoms with Gasteiger partial charge in [-0.15, -0.1) is 0 Å². The van der Waals surface area contributed by atoms with Gasteiger partial charge < -0.3 is 9.64 Å². The number of amides is 1. The number of rotatable bonds is 4. The predicted molar refractivity (Wildman–Crippen MR) is 101 cm³/mol. The molecule has 1 atom stereocenters. The Kier molecular flexibility index (Phi) is 4.66. The van der Waals surface area contributed by atoms with Gasteiger partial charge in [0.15, 0.2) is 0 Å². The molecule has 1 aliphatic rings.